The molecule has 0 aliphatic heterocycles. The third-order valence-corrected chi connectivity index (χ3v) is 4.27. The number of hydrogen-bond donors (Lipinski definition) is 1. The SMILES string of the molecule is CC[C@H](C(=O)NC)N(Cc1cccc(C)c1)C(=O)Cc1ccccc1. The highest BCUT2D eigenvalue weighted by atomic mass is 16.2. The van der Waals surface area contributed by atoms with Crippen molar-refractivity contribution >= 4 is 11.8 Å². The van der Waals surface area contributed by atoms with Crippen LogP contribution in [0.5, 0.6) is 0 Å². The zero-order chi connectivity index (χ0) is 18.2. The molecule has 4 nitrogen and oxygen atoms in total. The van der Waals surface area contributed by atoms with Gasteiger partial charge in [-0.1, -0.05) is 67.1 Å². The summed E-state index contributed by atoms with van der Waals surface area (Å²) in [4.78, 5) is 27.0. The third-order valence-electron chi connectivity index (χ3n) is 4.27. The molecule has 0 aliphatic rings. The van der Waals surface area contributed by atoms with Crippen molar-refractivity contribution in [3.8, 4) is 0 Å². The highest BCUT2D eigenvalue weighted by Gasteiger charge is 2.27. The summed E-state index contributed by atoms with van der Waals surface area (Å²) < 4.78 is 0. The summed E-state index contributed by atoms with van der Waals surface area (Å²) in [5, 5.41) is 2.68. The molecule has 1 atom stereocenters. The van der Waals surface area contributed by atoms with Gasteiger partial charge in [-0.3, -0.25) is 9.59 Å². The highest BCUT2D eigenvalue weighted by Crippen LogP contribution is 2.15. The third kappa shape index (κ3) is 5.18. The first-order valence-corrected chi connectivity index (χ1v) is 8.65. The Bertz CT molecular complexity index is 713. The van der Waals surface area contributed by atoms with E-state index in [1.165, 1.54) is 0 Å². The maximum Gasteiger partial charge on any atom is 0.242 e. The predicted octanol–water partition coefficient (Wildman–Crippen LogP) is 3.09. The topological polar surface area (TPSA) is 49.4 Å². The van der Waals surface area contributed by atoms with Crippen LogP contribution in [0, 0.1) is 6.92 Å². The number of rotatable bonds is 7. The van der Waals surface area contributed by atoms with Crippen molar-refractivity contribution in [2.75, 3.05) is 7.05 Å². The van der Waals surface area contributed by atoms with Crippen molar-refractivity contribution in [1.82, 2.24) is 10.2 Å². The van der Waals surface area contributed by atoms with Gasteiger partial charge in [0, 0.05) is 13.6 Å². The molecule has 2 aromatic rings. The van der Waals surface area contributed by atoms with Crippen LogP contribution in [0.4, 0.5) is 0 Å². The summed E-state index contributed by atoms with van der Waals surface area (Å²) in [5.74, 6) is -0.167. The Balaban J connectivity index is 2.27. The number of likely N-dealkylation sites (N-methyl/N-ethyl adjacent to an activating group) is 1. The monoisotopic (exact) mass is 338 g/mol. The average molecular weight is 338 g/mol. The average Bonchev–Trinajstić information content (AvgIpc) is 2.62. The molecule has 0 fully saturated rings. The molecule has 2 aromatic carbocycles. The Labute approximate surface area is 149 Å². The maximum atomic E-state index is 13.0. The van der Waals surface area contributed by atoms with E-state index in [-0.39, 0.29) is 11.8 Å². The van der Waals surface area contributed by atoms with Crippen LogP contribution in [0.15, 0.2) is 54.6 Å². The molecule has 0 aromatic heterocycles. The van der Waals surface area contributed by atoms with Gasteiger partial charge in [0.25, 0.3) is 0 Å². The summed E-state index contributed by atoms with van der Waals surface area (Å²) in [5.41, 5.74) is 3.12. The van der Waals surface area contributed by atoms with Gasteiger partial charge in [-0.15, -0.1) is 0 Å². The number of amides is 2. The standard InChI is InChI=1S/C21H26N2O2/c1-4-19(21(25)22-3)23(15-18-12-8-9-16(2)13-18)20(24)14-17-10-6-5-7-11-17/h5-13,19H,4,14-15H2,1-3H3,(H,22,25)/t19-/m1/s1. The van der Waals surface area contributed by atoms with Crippen LogP contribution in [0.1, 0.15) is 30.0 Å². The van der Waals surface area contributed by atoms with Gasteiger partial charge < -0.3 is 10.2 Å². The zero-order valence-corrected chi connectivity index (χ0v) is 15.2. The minimum Gasteiger partial charge on any atom is -0.357 e. The second-order valence-corrected chi connectivity index (χ2v) is 6.21. The first kappa shape index (κ1) is 18.7. The minimum absolute atomic E-state index is 0.0387. The lowest BCUT2D eigenvalue weighted by atomic mass is 10.1. The Kier molecular flexibility index (Phi) is 6.75. The summed E-state index contributed by atoms with van der Waals surface area (Å²) in [7, 11) is 1.61. The molecule has 2 rings (SSSR count). The fourth-order valence-corrected chi connectivity index (χ4v) is 2.97. The van der Waals surface area contributed by atoms with Gasteiger partial charge in [-0.2, -0.15) is 0 Å². The molecular weight excluding hydrogens is 312 g/mol. The van der Waals surface area contributed by atoms with Gasteiger partial charge >= 0.3 is 0 Å². The molecule has 0 saturated carbocycles. The van der Waals surface area contributed by atoms with Gasteiger partial charge in [0.15, 0.2) is 0 Å². The lowest BCUT2D eigenvalue weighted by Gasteiger charge is -2.30. The van der Waals surface area contributed by atoms with Gasteiger partial charge in [-0.25, -0.2) is 0 Å². The number of benzene rings is 2. The maximum absolute atomic E-state index is 13.0. The van der Waals surface area contributed by atoms with Crippen LogP contribution in [0.3, 0.4) is 0 Å². The Hall–Kier alpha value is -2.62. The fourth-order valence-electron chi connectivity index (χ4n) is 2.97. The molecule has 0 aliphatic carbocycles. The number of nitrogens with zero attached hydrogens (tertiary/aromatic N) is 1. The van der Waals surface area contributed by atoms with Crippen molar-refractivity contribution in [2.45, 2.75) is 39.3 Å². The predicted molar refractivity (Wildman–Crippen MR) is 100 cm³/mol. The number of carbonyl (C=O) groups excluding carboxylic acids is 2. The smallest absolute Gasteiger partial charge is 0.242 e. The molecule has 4 heteroatoms. The molecule has 0 unspecified atom stereocenters. The number of aryl methyl sites for hydroxylation is 1. The van der Waals surface area contributed by atoms with Gasteiger partial charge in [0.1, 0.15) is 6.04 Å². The largest absolute Gasteiger partial charge is 0.357 e. The molecule has 0 saturated heterocycles. The Morgan fingerprint density at radius 1 is 1.04 bits per heavy atom. The fraction of sp³-hybridized carbons (Fsp3) is 0.333. The van der Waals surface area contributed by atoms with Gasteiger partial charge in [0.2, 0.25) is 11.8 Å². The molecule has 0 radical (unpaired) electrons. The normalized spacial score (nSPS) is 11.6. The van der Waals surface area contributed by atoms with Crippen LogP contribution < -0.4 is 5.32 Å². The van der Waals surface area contributed by atoms with Gasteiger partial charge in [-0.05, 0) is 24.5 Å². The first-order chi connectivity index (χ1) is 12.0. The van der Waals surface area contributed by atoms with Crippen molar-refractivity contribution in [3.05, 3.63) is 71.3 Å². The molecule has 0 spiro atoms. The molecule has 0 bridgehead atoms. The van der Waals surface area contributed by atoms with E-state index < -0.39 is 6.04 Å². The van der Waals surface area contributed by atoms with Crippen molar-refractivity contribution in [3.63, 3.8) is 0 Å². The minimum atomic E-state index is -0.471. The van der Waals surface area contributed by atoms with Crippen LogP contribution in [-0.2, 0) is 22.6 Å². The lowest BCUT2D eigenvalue weighted by Crippen LogP contribution is -2.48. The second kappa shape index (κ2) is 9.02. The van der Waals surface area contributed by atoms with E-state index in [1.54, 1.807) is 11.9 Å². The molecule has 25 heavy (non-hydrogen) atoms. The van der Waals surface area contributed by atoms with E-state index in [0.717, 1.165) is 16.7 Å². The lowest BCUT2D eigenvalue weighted by molar-refractivity contribution is -0.140. The molecule has 0 heterocycles. The summed E-state index contributed by atoms with van der Waals surface area (Å²) in [6.07, 6.45) is 0.867. The molecule has 2 amide bonds. The number of carbonyl (C=O) groups is 2. The summed E-state index contributed by atoms with van der Waals surface area (Å²) >= 11 is 0. The van der Waals surface area contributed by atoms with E-state index >= 15 is 0 Å². The summed E-state index contributed by atoms with van der Waals surface area (Å²) in [6.45, 7) is 4.38. The number of hydrogen-bond acceptors (Lipinski definition) is 2. The molecule has 1 N–H and O–H groups in total. The zero-order valence-electron chi connectivity index (χ0n) is 15.2. The van der Waals surface area contributed by atoms with Crippen molar-refractivity contribution in [1.29, 1.82) is 0 Å². The van der Waals surface area contributed by atoms with Crippen LogP contribution in [-0.4, -0.2) is 29.8 Å². The first-order valence-electron chi connectivity index (χ1n) is 8.65. The van der Waals surface area contributed by atoms with Crippen LogP contribution >= 0.6 is 0 Å². The van der Waals surface area contributed by atoms with E-state index in [1.807, 2.05) is 62.4 Å². The molecular formula is C21H26N2O2. The second-order valence-electron chi connectivity index (χ2n) is 6.21. The van der Waals surface area contributed by atoms with E-state index in [4.69, 9.17) is 0 Å². The van der Waals surface area contributed by atoms with E-state index in [0.29, 0.717) is 19.4 Å². The van der Waals surface area contributed by atoms with E-state index in [9.17, 15) is 9.59 Å². The number of nitrogens with one attached hydrogen (secondary N) is 1. The molecule has 132 valence electrons. The quantitative estimate of drug-likeness (QED) is 0.843. The Morgan fingerprint density at radius 2 is 1.72 bits per heavy atom. The summed E-state index contributed by atoms with van der Waals surface area (Å²) in [6, 6.07) is 17.2. The van der Waals surface area contributed by atoms with Crippen LogP contribution in [0.2, 0.25) is 0 Å². The Morgan fingerprint density at radius 3 is 2.32 bits per heavy atom. The van der Waals surface area contributed by atoms with Crippen LogP contribution in [0.25, 0.3) is 0 Å². The highest BCUT2D eigenvalue weighted by molar-refractivity contribution is 5.88. The van der Waals surface area contributed by atoms with Gasteiger partial charge in [0.05, 0.1) is 6.42 Å². The van der Waals surface area contributed by atoms with Crippen molar-refractivity contribution < 1.29 is 9.59 Å². The van der Waals surface area contributed by atoms with E-state index in [2.05, 4.69) is 11.4 Å². The van der Waals surface area contributed by atoms with Crippen molar-refractivity contribution in [2.24, 2.45) is 0 Å².